The second-order valence-electron chi connectivity index (χ2n) is 3.12. The lowest BCUT2D eigenvalue weighted by atomic mass is 10.3. The van der Waals surface area contributed by atoms with Gasteiger partial charge >= 0.3 is 5.69 Å². The van der Waals surface area contributed by atoms with E-state index in [-0.39, 0.29) is 5.82 Å². The van der Waals surface area contributed by atoms with Crippen molar-refractivity contribution in [2.45, 2.75) is 18.6 Å². The maximum atomic E-state index is 11.2. The summed E-state index contributed by atoms with van der Waals surface area (Å²) in [6.45, 7) is 2.76. The lowest BCUT2D eigenvalue weighted by Gasteiger charge is -2.08. The molecular formula is C8H14N4O2S. The average molecular weight is 230 g/mol. The fraction of sp³-hybridized carbons (Fsp3) is 0.625. The van der Waals surface area contributed by atoms with Gasteiger partial charge in [0.1, 0.15) is 0 Å². The van der Waals surface area contributed by atoms with Crippen LogP contribution in [0.3, 0.4) is 0 Å². The van der Waals surface area contributed by atoms with E-state index in [9.17, 15) is 9.59 Å². The third-order valence-electron chi connectivity index (χ3n) is 1.96. The molecule has 0 radical (unpaired) electrons. The summed E-state index contributed by atoms with van der Waals surface area (Å²) in [5.41, 5.74) is -1.08. The molecule has 1 aromatic heterocycles. The number of rotatable bonds is 5. The molecule has 0 saturated carbocycles. The molecule has 7 heteroatoms. The Labute approximate surface area is 90.9 Å². The van der Waals surface area contributed by atoms with Crippen LogP contribution in [0.2, 0.25) is 0 Å². The second kappa shape index (κ2) is 5.59. The van der Waals surface area contributed by atoms with E-state index in [1.807, 2.05) is 6.26 Å². The number of aromatic amines is 2. The molecule has 1 unspecified atom stereocenters. The summed E-state index contributed by atoms with van der Waals surface area (Å²) in [6, 6.07) is 0. The summed E-state index contributed by atoms with van der Waals surface area (Å²) in [7, 11) is 0. The van der Waals surface area contributed by atoms with E-state index in [1.165, 1.54) is 0 Å². The number of nitrogens with zero attached hydrogens (tertiary/aromatic N) is 1. The van der Waals surface area contributed by atoms with E-state index in [4.69, 9.17) is 0 Å². The normalized spacial score (nSPS) is 12.4. The van der Waals surface area contributed by atoms with Gasteiger partial charge in [0, 0.05) is 11.8 Å². The van der Waals surface area contributed by atoms with Gasteiger partial charge < -0.3 is 5.32 Å². The Morgan fingerprint density at radius 3 is 2.87 bits per heavy atom. The van der Waals surface area contributed by atoms with Gasteiger partial charge in [0.25, 0.3) is 5.56 Å². The molecule has 0 aliphatic rings. The Morgan fingerprint density at radius 2 is 2.27 bits per heavy atom. The minimum absolute atomic E-state index is 0.155. The van der Waals surface area contributed by atoms with Crippen molar-refractivity contribution in [3.05, 3.63) is 20.8 Å². The van der Waals surface area contributed by atoms with Crippen molar-refractivity contribution in [2.75, 3.05) is 18.1 Å². The van der Waals surface area contributed by atoms with Crippen molar-refractivity contribution < 1.29 is 0 Å². The van der Waals surface area contributed by atoms with Crippen molar-refractivity contribution in [1.29, 1.82) is 0 Å². The van der Waals surface area contributed by atoms with Gasteiger partial charge in [-0.2, -0.15) is 11.8 Å². The third kappa shape index (κ3) is 3.78. The van der Waals surface area contributed by atoms with Gasteiger partial charge in [-0.3, -0.25) is 9.78 Å². The Balaban J connectivity index is 2.51. The lowest BCUT2D eigenvalue weighted by Crippen LogP contribution is -2.27. The molecular weight excluding hydrogens is 216 g/mol. The number of thioether (sulfide) groups is 1. The monoisotopic (exact) mass is 230 g/mol. The van der Waals surface area contributed by atoms with Crippen LogP contribution in [0.15, 0.2) is 9.59 Å². The van der Waals surface area contributed by atoms with Crippen molar-refractivity contribution in [3.63, 3.8) is 0 Å². The Kier molecular flexibility index (Phi) is 4.41. The van der Waals surface area contributed by atoms with Crippen LogP contribution in [-0.2, 0) is 0 Å². The zero-order chi connectivity index (χ0) is 11.3. The van der Waals surface area contributed by atoms with Crippen molar-refractivity contribution in [2.24, 2.45) is 0 Å². The highest BCUT2D eigenvalue weighted by molar-refractivity contribution is 7.99. The number of nitrogens with one attached hydrogen (secondary N) is 3. The van der Waals surface area contributed by atoms with Crippen molar-refractivity contribution in [1.82, 2.24) is 15.2 Å². The van der Waals surface area contributed by atoms with Crippen molar-refractivity contribution in [3.8, 4) is 0 Å². The van der Waals surface area contributed by atoms with E-state index in [0.29, 0.717) is 11.8 Å². The Hall–Kier alpha value is -1.24. The van der Waals surface area contributed by atoms with Gasteiger partial charge in [0.15, 0.2) is 0 Å². The van der Waals surface area contributed by atoms with Crippen LogP contribution in [0.5, 0.6) is 0 Å². The fourth-order valence-electron chi connectivity index (χ4n) is 0.979. The summed E-state index contributed by atoms with van der Waals surface area (Å²) >= 11 is 1.76. The Bertz CT molecular complexity index is 414. The minimum atomic E-state index is -0.594. The standard InChI is InChI=1S/C8H14N4O2S/c1-5(15-2)3-4-9-6-7(13)10-8(14)12-11-6/h5H,3-4H2,1-2H3,(H,9,11)(H2,10,12,13,14). The van der Waals surface area contributed by atoms with Gasteiger partial charge in [-0.15, -0.1) is 5.10 Å². The molecule has 0 aromatic carbocycles. The average Bonchev–Trinajstić information content (AvgIpc) is 2.21. The first-order chi connectivity index (χ1) is 7.13. The van der Waals surface area contributed by atoms with Crippen LogP contribution in [0.4, 0.5) is 5.82 Å². The molecule has 0 saturated heterocycles. The molecule has 1 heterocycles. The SMILES string of the molecule is CSC(C)CCNc1n[nH]c(=O)[nH]c1=O. The fourth-order valence-corrected chi connectivity index (χ4v) is 1.33. The Morgan fingerprint density at radius 1 is 1.53 bits per heavy atom. The predicted octanol–water partition coefficient (Wildman–Crippen LogP) is 0.0117. The highest BCUT2D eigenvalue weighted by Gasteiger charge is 2.02. The minimum Gasteiger partial charge on any atom is -0.364 e. The maximum Gasteiger partial charge on any atom is 0.342 e. The molecule has 0 aliphatic heterocycles. The summed E-state index contributed by atoms with van der Waals surface area (Å²) in [6.07, 6.45) is 2.97. The summed E-state index contributed by atoms with van der Waals surface area (Å²) < 4.78 is 0. The highest BCUT2D eigenvalue weighted by atomic mass is 32.2. The van der Waals surface area contributed by atoms with Gasteiger partial charge in [-0.05, 0) is 12.7 Å². The number of hydrogen-bond acceptors (Lipinski definition) is 5. The predicted molar refractivity (Wildman–Crippen MR) is 61.6 cm³/mol. The first-order valence-corrected chi connectivity index (χ1v) is 5.88. The van der Waals surface area contributed by atoms with Crippen LogP contribution in [-0.4, -0.2) is 33.2 Å². The molecule has 84 valence electrons. The first-order valence-electron chi connectivity index (χ1n) is 4.59. The van der Waals surface area contributed by atoms with E-state index in [0.717, 1.165) is 6.42 Å². The molecule has 1 aromatic rings. The van der Waals surface area contributed by atoms with Gasteiger partial charge in [-0.1, -0.05) is 6.92 Å². The largest absolute Gasteiger partial charge is 0.364 e. The highest BCUT2D eigenvalue weighted by Crippen LogP contribution is 2.08. The van der Waals surface area contributed by atoms with Gasteiger partial charge in [-0.25, -0.2) is 9.89 Å². The van der Waals surface area contributed by atoms with E-state index in [1.54, 1.807) is 11.8 Å². The van der Waals surface area contributed by atoms with E-state index in [2.05, 4.69) is 27.4 Å². The number of anilines is 1. The quantitative estimate of drug-likeness (QED) is 0.663. The molecule has 0 spiro atoms. The molecule has 1 atom stereocenters. The zero-order valence-corrected chi connectivity index (χ0v) is 9.48. The summed E-state index contributed by atoms with van der Waals surface area (Å²) in [4.78, 5) is 23.9. The molecule has 0 bridgehead atoms. The molecule has 3 N–H and O–H groups in total. The van der Waals surface area contributed by atoms with Crippen LogP contribution in [0.1, 0.15) is 13.3 Å². The lowest BCUT2D eigenvalue weighted by molar-refractivity contribution is 0.828. The molecule has 0 amide bonds. The molecule has 15 heavy (non-hydrogen) atoms. The molecule has 1 rings (SSSR count). The van der Waals surface area contributed by atoms with Crippen LogP contribution in [0, 0.1) is 0 Å². The van der Waals surface area contributed by atoms with E-state index < -0.39 is 11.2 Å². The summed E-state index contributed by atoms with van der Waals surface area (Å²) in [5.74, 6) is 0.155. The van der Waals surface area contributed by atoms with Gasteiger partial charge in [0.2, 0.25) is 5.82 Å². The molecule has 6 nitrogen and oxygen atoms in total. The van der Waals surface area contributed by atoms with Crippen LogP contribution >= 0.6 is 11.8 Å². The third-order valence-corrected chi connectivity index (χ3v) is 3.00. The second-order valence-corrected chi connectivity index (χ2v) is 4.39. The topological polar surface area (TPSA) is 90.6 Å². The van der Waals surface area contributed by atoms with E-state index >= 15 is 0 Å². The number of H-pyrrole nitrogens is 2. The smallest absolute Gasteiger partial charge is 0.342 e. The first kappa shape index (κ1) is 11.8. The zero-order valence-electron chi connectivity index (χ0n) is 8.66. The molecule has 0 aliphatic carbocycles. The summed E-state index contributed by atoms with van der Waals surface area (Å²) in [5, 5.41) is 9.16. The maximum absolute atomic E-state index is 11.2. The number of hydrogen-bond donors (Lipinski definition) is 3. The van der Waals surface area contributed by atoms with Gasteiger partial charge in [0.05, 0.1) is 0 Å². The molecule has 0 fully saturated rings. The number of aromatic nitrogens is 3. The van der Waals surface area contributed by atoms with Crippen molar-refractivity contribution >= 4 is 17.6 Å². The van der Waals surface area contributed by atoms with Crippen LogP contribution in [0.25, 0.3) is 0 Å². The van der Waals surface area contributed by atoms with Crippen LogP contribution < -0.4 is 16.6 Å².